The van der Waals surface area contributed by atoms with E-state index < -0.39 is 0 Å². The first-order valence-electron chi connectivity index (χ1n) is 13.2. The Morgan fingerprint density at radius 1 is 1.00 bits per heavy atom. The van der Waals surface area contributed by atoms with Gasteiger partial charge in [-0.05, 0) is 72.6 Å². The molecule has 1 saturated heterocycles. The molecule has 2 fully saturated rings. The number of ether oxygens (including phenoxy) is 1. The lowest BCUT2D eigenvalue weighted by Crippen LogP contribution is -2.49. The van der Waals surface area contributed by atoms with Crippen molar-refractivity contribution in [3.8, 4) is 16.9 Å². The zero-order chi connectivity index (χ0) is 24.6. The highest BCUT2D eigenvalue weighted by Gasteiger charge is 2.35. The number of hydrogen-bond acceptors (Lipinski definition) is 3. The van der Waals surface area contributed by atoms with Gasteiger partial charge in [0.1, 0.15) is 11.3 Å². The molecule has 4 aromatic rings. The van der Waals surface area contributed by atoms with Crippen LogP contribution in [0.3, 0.4) is 0 Å². The molecule has 6 rings (SSSR count). The van der Waals surface area contributed by atoms with E-state index in [1.54, 1.807) is 7.11 Å². The van der Waals surface area contributed by atoms with E-state index in [-0.39, 0.29) is 5.91 Å². The van der Waals surface area contributed by atoms with E-state index in [1.165, 1.54) is 36.5 Å². The first-order valence-corrected chi connectivity index (χ1v) is 13.2. The van der Waals surface area contributed by atoms with Crippen LogP contribution in [0.5, 0.6) is 5.75 Å². The summed E-state index contributed by atoms with van der Waals surface area (Å²) in [5.74, 6) is 1.53. The topological polar surface area (TPSA) is 42.7 Å². The van der Waals surface area contributed by atoms with E-state index >= 15 is 0 Å². The summed E-state index contributed by atoms with van der Waals surface area (Å²) in [5.41, 5.74) is 4.78. The molecule has 0 bridgehead atoms. The number of carbonyl (C=O) groups excluding carboxylic acids is 1. The Morgan fingerprint density at radius 2 is 1.81 bits per heavy atom. The van der Waals surface area contributed by atoms with Gasteiger partial charge in [0.25, 0.3) is 0 Å². The van der Waals surface area contributed by atoms with Crippen LogP contribution in [-0.4, -0.2) is 30.5 Å². The van der Waals surface area contributed by atoms with Crippen molar-refractivity contribution in [3.63, 3.8) is 0 Å². The fraction of sp³-hybridized carbons (Fsp3) is 0.344. The maximum absolute atomic E-state index is 13.5. The minimum Gasteiger partial charge on any atom is -0.496 e. The molecule has 2 aliphatic rings. The number of hydrogen-bond donors (Lipinski definition) is 0. The predicted molar refractivity (Wildman–Crippen MR) is 146 cm³/mol. The van der Waals surface area contributed by atoms with Gasteiger partial charge in [-0.3, -0.25) is 4.79 Å². The third kappa shape index (κ3) is 4.09. The van der Waals surface area contributed by atoms with Gasteiger partial charge in [-0.1, -0.05) is 49.2 Å². The maximum atomic E-state index is 13.5. The second kappa shape index (κ2) is 9.50. The third-order valence-electron chi connectivity index (χ3n) is 8.25. The summed E-state index contributed by atoms with van der Waals surface area (Å²) >= 11 is 0. The predicted octanol–water partition coefficient (Wildman–Crippen LogP) is 7.85. The van der Waals surface area contributed by atoms with Crippen LogP contribution in [0.25, 0.3) is 38.4 Å². The second-order valence-corrected chi connectivity index (χ2v) is 10.4. The van der Waals surface area contributed by atoms with E-state index in [2.05, 4.69) is 53.4 Å². The summed E-state index contributed by atoms with van der Waals surface area (Å²) in [6.07, 6.45) is 11.0. The van der Waals surface area contributed by atoms with Crippen molar-refractivity contribution in [2.75, 3.05) is 13.7 Å². The highest BCUT2D eigenvalue weighted by Crippen LogP contribution is 2.39. The van der Waals surface area contributed by atoms with Gasteiger partial charge < -0.3 is 14.1 Å². The Labute approximate surface area is 212 Å². The normalized spacial score (nSPS) is 20.5. The van der Waals surface area contributed by atoms with Crippen LogP contribution in [-0.2, 0) is 4.79 Å². The van der Waals surface area contributed by atoms with Crippen LogP contribution in [0.2, 0.25) is 0 Å². The fourth-order valence-electron chi connectivity index (χ4n) is 6.36. The summed E-state index contributed by atoms with van der Waals surface area (Å²) in [5, 5.41) is 3.43. The van der Waals surface area contributed by atoms with Gasteiger partial charge in [-0.15, -0.1) is 0 Å². The minimum atomic E-state index is 0.133. The van der Waals surface area contributed by atoms with Gasteiger partial charge in [0, 0.05) is 41.2 Å². The van der Waals surface area contributed by atoms with Crippen molar-refractivity contribution < 1.29 is 13.9 Å². The Bertz CT molecular complexity index is 1460. The highest BCUT2D eigenvalue weighted by molar-refractivity contribution is 6.01. The highest BCUT2D eigenvalue weighted by atomic mass is 16.5. The zero-order valence-corrected chi connectivity index (χ0v) is 21.1. The second-order valence-electron chi connectivity index (χ2n) is 10.4. The van der Waals surface area contributed by atoms with Crippen LogP contribution in [0.15, 0.2) is 71.4 Å². The van der Waals surface area contributed by atoms with Crippen LogP contribution >= 0.6 is 0 Å². The summed E-state index contributed by atoms with van der Waals surface area (Å²) in [7, 11) is 1.67. The van der Waals surface area contributed by atoms with Crippen LogP contribution in [0.4, 0.5) is 0 Å². The van der Waals surface area contributed by atoms with E-state index in [0.29, 0.717) is 12.0 Å². The number of furan rings is 1. The first kappa shape index (κ1) is 22.9. The molecule has 4 heteroatoms. The smallest absolute Gasteiger partial charge is 0.247 e. The van der Waals surface area contributed by atoms with Gasteiger partial charge in [-0.2, -0.15) is 0 Å². The number of likely N-dealkylation sites (tertiary alicyclic amines) is 1. The van der Waals surface area contributed by atoms with Gasteiger partial charge >= 0.3 is 0 Å². The van der Waals surface area contributed by atoms with Crippen molar-refractivity contribution in [1.29, 1.82) is 0 Å². The quantitative estimate of drug-likeness (QED) is 0.280. The lowest BCUT2D eigenvalue weighted by atomic mass is 9.78. The van der Waals surface area contributed by atoms with Gasteiger partial charge in [0.15, 0.2) is 0 Å². The number of piperidine rings is 1. The molecule has 1 saturated carbocycles. The lowest BCUT2D eigenvalue weighted by molar-refractivity contribution is -0.132. The Kier molecular flexibility index (Phi) is 6.04. The van der Waals surface area contributed by atoms with Crippen molar-refractivity contribution in [1.82, 2.24) is 4.90 Å². The number of nitrogens with zero attached hydrogens (tertiary/aromatic N) is 1. The standard InChI is InChI=1S/C32H33NO3/c1-21(16-32(34)33-15-7-11-23-9-5-6-12-29(23)33)26-18-27-28(20-36-31(27)19-30(26)35-2)25-14-13-22-8-3-4-10-24(22)17-25/h3-4,8,10,13-14,16-20,23,29H,5-7,9,11-12,15H2,1-2H3/b21-16+. The van der Waals surface area contributed by atoms with Gasteiger partial charge in [-0.25, -0.2) is 0 Å². The number of fused-ring (bicyclic) bond motifs is 3. The first-order chi connectivity index (χ1) is 17.6. The third-order valence-corrected chi connectivity index (χ3v) is 8.25. The van der Waals surface area contributed by atoms with Crippen LogP contribution < -0.4 is 4.74 Å². The zero-order valence-electron chi connectivity index (χ0n) is 21.1. The maximum Gasteiger partial charge on any atom is 0.247 e. The van der Waals surface area contributed by atoms with Crippen molar-refractivity contribution >= 4 is 33.2 Å². The number of carbonyl (C=O) groups is 1. The van der Waals surface area contributed by atoms with E-state index in [9.17, 15) is 4.79 Å². The van der Waals surface area contributed by atoms with E-state index in [0.717, 1.165) is 58.4 Å². The van der Waals surface area contributed by atoms with Crippen molar-refractivity contribution in [3.05, 3.63) is 72.5 Å². The molecule has 4 nitrogen and oxygen atoms in total. The molecule has 1 aromatic heterocycles. The largest absolute Gasteiger partial charge is 0.496 e. The molecular weight excluding hydrogens is 446 g/mol. The summed E-state index contributed by atoms with van der Waals surface area (Å²) in [4.78, 5) is 15.6. The number of rotatable bonds is 4. The molecule has 1 aliphatic heterocycles. The summed E-state index contributed by atoms with van der Waals surface area (Å²) in [6, 6.07) is 19.3. The van der Waals surface area contributed by atoms with E-state index in [4.69, 9.17) is 9.15 Å². The molecule has 2 atom stereocenters. The SMILES string of the molecule is COc1cc2occ(-c3ccc4ccccc4c3)c2cc1/C(C)=C/C(=O)N1CCCC2CCCCC21. The average molecular weight is 480 g/mol. The van der Waals surface area contributed by atoms with Crippen molar-refractivity contribution in [2.45, 2.75) is 51.5 Å². The summed E-state index contributed by atoms with van der Waals surface area (Å²) < 4.78 is 11.7. The number of benzene rings is 3. The van der Waals surface area contributed by atoms with E-state index in [1.807, 2.05) is 25.3 Å². The molecule has 3 aromatic carbocycles. The van der Waals surface area contributed by atoms with Crippen LogP contribution in [0, 0.1) is 5.92 Å². The van der Waals surface area contributed by atoms with Crippen LogP contribution in [0.1, 0.15) is 51.0 Å². The summed E-state index contributed by atoms with van der Waals surface area (Å²) in [6.45, 7) is 2.88. The number of amides is 1. The molecule has 0 N–H and O–H groups in total. The monoisotopic (exact) mass is 479 g/mol. The Balaban J connectivity index is 1.37. The Morgan fingerprint density at radius 3 is 2.67 bits per heavy atom. The van der Waals surface area contributed by atoms with Crippen molar-refractivity contribution in [2.24, 2.45) is 5.92 Å². The van der Waals surface area contributed by atoms with Gasteiger partial charge in [0.2, 0.25) is 5.91 Å². The lowest BCUT2D eigenvalue weighted by Gasteiger charge is -2.43. The molecule has 36 heavy (non-hydrogen) atoms. The average Bonchev–Trinajstić information content (AvgIpc) is 3.34. The number of allylic oxidation sites excluding steroid dienone is 1. The molecule has 1 amide bonds. The Hall–Kier alpha value is -3.53. The molecule has 2 heterocycles. The number of methoxy groups -OCH3 is 1. The fourth-order valence-corrected chi connectivity index (χ4v) is 6.36. The molecule has 1 aliphatic carbocycles. The minimum absolute atomic E-state index is 0.133. The molecule has 184 valence electrons. The molecule has 0 spiro atoms. The van der Waals surface area contributed by atoms with Gasteiger partial charge in [0.05, 0.1) is 13.4 Å². The molecule has 2 unspecified atom stereocenters. The molecule has 0 radical (unpaired) electrons. The molecular formula is C32H33NO3.